The van der Waals surface area contributed by atoms with Crippen LogP contribution in [0.3, 0.4) is 0 Å². The van der Waals surface area contributed by atoms with Gasteiger partial charge in [0.15, 0.2) is 0 Å². The summed E-state index contributed by atoms with van der Waals surface area (Å²) in [5.74, 6) is -6.59. The van der Waals surface area contributed by atoms with E-state index in [-0.39, 0.29) is 217 Å². The summed E-state index contributed by atoms with van der Waals surface area (Å²) in [7, 11) is 0. The van der Waals surface area contributed by atoms with Crippen LogP contribution < -0.4 is 0 Å². The van der Waals surface area contributed by atoms with E-state index in [4.69, 9.17) is 66.3 Å². The second-order valence-electron chi connectivity index (χ2n) is 18.9. The normalized spacial score (nSPS) is 10.9. The van der Waals surface area contributed by atoms with Crippen LogP contribution in [-0.4, -0.2) is 276 Å². The Hall–Kier alpha value is -7.93. The minimum Gasteiger partial charge on any atom is -0.464 e. The van der Waals surface area contributed by atoms with Crippen molar-refractivity contribution in [2.24, 2.45) is 5.41 Å². The topological polar surface area (TPSA) is 330 Å². The molecule has 0 heterocycles. The van der Waals surface area contributed by atoms with Gasteiger partial charge in [-0.25, -0.2) is 33.6 Å². The van der Waals surface area contributed by atoms with Gasteiger partial charge in [-0.3, -0.25) is 38.8 Å². The molecule has 0 aromatic heterocycles. The predicted molar refractivity (Wildman–Crippen MR) is 321 cm³/mol. The first-order chi connectivity index (χ1) is 43.3. The van der Waals surface area contributed by atoms with Gasteiger partial charge in [-0.2, -0.15) is 0 Å². The number of nitrogens with zero attached hydrogens (tertiary/aromatic N) is 4. The maximum absolute atomic E-state index is 13.0. The van der Waals surface area contributed by atoms with Crippen LogP contribution in [0.4, 0.5) is 0 Å². The van der Waals surface area contributed by atoms with Gasteiger partial charge in [-0.1, -0.05) is 53.0 Å². The van der Waals surface area contributed by atoms with Gasteiger partial charge in [0.1, 0.15) is 72.7 Å². The molecule has 0 amide bonds. The van der Waals surface area contributed by atoms with E-state index in [9.17, 15) is 52.7 Å². The molecule has 29 nitrogen and oxygen atoms in total. The molecule has 0 saturated heterocycles. The van der Waals surface area contributed by atoms with Gasteiger partial charge in [0, 0.05) is 126 Å². The van der Waals surface area contributed by atoms with Crippen molar-refractivity contribution in [2.45, 2.75) is 39.0 Å². The third-order valence-electron chi connectivity index (χ3n) is 12.4. The van der Waals surface area contributed by atoms with E-state index < -0.39 is 71.1 Å². The highest BCUT2D eigenvalue weighted by molar-refractivity contribution is 5.83. The second kappa shape index (κ2) is 54.0. The molecule has 0 aliphatic rings. The maximum Gasteiger partial charge on any atom is 0.330 e. The van der Waals surface area contributed by atoms with Crippen molar-refractivity contribution in [3.05, 3.63) is 88.6 Å². The maximum atomic E-state index is 13.0. The molecule has 0 aromatic carbocycles. The molecular weight excluding hydrogens is 1190 g/mol. The van der Waals surface area contributed by atoms with Gasteiger partial charge in [0.05, 0.1) is 65.3 Å². The summed E-state index contributed by atoms with van der Waals surface area (Å²) in [5.41, 5.74) is -0.810. The van der Waals surface area contributed by atoms with Crippen LogP contribution in [0.5, 0.6) is 0 Å². The summed E-state index contributed by atoms with van der Waals surface area (Å²) in [6.07, 6.45) is 7.32. The molecule has 0 rings (SSSR count). The van der Waals surface area contributed by atoms with Gasteiger partial charge in [-0.05, 0) is 6.42 Å². The molecule has 0 aromatic rings. The molecule has 0 saturated carbocycles. The molecule has 0 radical (unpaired) electrons. The third-order valence-corrected chi connectivity index (χ3v) is 12.4. The van der Waals surface area contributed by atoms with Crippen LogP contribution in [0.2, 0.25) is 0 Å². The molecule has 0 unspecified atom stereocenters. The van der Waals surface area contributed by atoms with Crippen molar-refractivity contribution in [2.75, 3.05) is 191 Å². The second-order valence-corrected chi connectivity index (χ2v) is 18.9. The largest absolute Gasteiger partial charge is 0.464 e. The fourth-order valence-corrected chi connectivity index (χ4v) is 7.20. The molecule has 0 aliphatic heterocycles. The predicted octanol–water partition coefficient (Wildman–Crippen LogP) is 1.48. The Morgan fingerprint density at radius 1 is 0.267 bits per heavy atom. The van der Waals surface area contributed by atoms with Gasteiger partial charge < -0.3 is 66.3 Å². The Morgan fingerprint density at radius 3 is 0.622 bits per heavy atom. The Labute approximate surface area is 526 Å². The molecule has 0 N–H and O–H groups in total. The van der Waals surface area contributed by atoms with Crippen molar-refractivity contribution < 1.29 is 119 Å². The minimum atomic E-state index is -0.810. The molecule has 0 aliphatic carbocycles. The molecule has 90 heavy (non-hydrogen) atoms. The van der Waals surface area contributed by atoms with Crippen LogP contribution in [0.25, 0.3) is 0 Å². The summed E-state index contributed by atoms with van der Waals surface area (Å²) < 4.78 is 75.1. The summed E-state index contributed by atoms with van der Waals surface area (Å²) in [5, 5.41) is 0. The lowest BCUT2D eigenvalue weighted by Crippen LogP contribution is -2.38. The summed E-state index contributed by atoms with van der Waals surface area (Å²) in [6.45, 7) is 27.4. The smallest absolute Gasteiger partial charge is 0.330 e. The number of hydrogen-bond acceptors (Lipinski definition) is 29. The van der Waals surface area contributed by atoms with Crippen molar-refractivity contribution in [3.8, 4) is 0 Å². The number of esters is 11. The van der Waals surface area contributed by atoms with Gasteiger partial charge in [-0.15, -0.1) is 0 Å². The third kappa shape index (κ3) is 46.2. The fraction of sp³-hybridized carbons (Fsp3) is 0.590. The van der Waals surface area contributed by atoms with Crippen LogP contribution in [0.15, 0.2) is 88.6 Å². The molecule has 29 heteroatoms. The SMILES string of the molecule is C=CC(=O)OCCN(CCOC(=O)C=C)CCC(=O)OCCOCC(CC)(COCCOC(=O)CCN(CCOC(=O)C=C)CCOC(=O)C=C)COCCOC(=O)CCN(CCOC(=O)C=C)CCOC(=O)CCN(CCOC(=O)C=C)CCOC(=O)C=C. The average Bonchev–Trinajstić information content (AvgIpc) is 2.50. The van der Waals surface area contributed by atoms with Crippen molar-refractivity contribution in [1.29, 1.82) is 0 Å². The molecule has 0 fully saturated rings. The number of hydrogen-bond donors (Lipinski definition) is 0. The number of ether oxygens (including phenoxy) is 14. The van der Waals surface area contributed by atoms with E-state index in [1.54, 1.807) is 19.6 Å². The van der Waals surface area contributed by atoms with E-state index in [0.717, 1.165) is 42.5 Å². The van der Waals surface area contributed by atoms with Crippen molar-refractivity contribution >= 4 is 65.7 Å². The van der Waals surface area contributed by atoms with E-state index in [2.05, 4.69) is 46.1 Å². The van der Waals surface area contributed by atoms with Crippen molar-refractivity contribution in [1.82, 2.24) is 19.6 Å². The lowest BCUT2D eigenvalue weighted by atomic mass is 9.88. The Balaban J connectivity index is 5.69. The number of rotatable bonds is 59. The van der Waals surface area contributed by atoms with Gasteiger partial charge in [0.25, 0.3) is 0 Å². The number of carbonyl (C=O) groups is 11. The average molecular weight is 1280 g/mol. The fourth-order valence-electron chi connectivity index (χ4n) is 7.20. The highest BCUT2D eigenvalue weighted by Crippen LogP contribution is 2.24. The minimum absolute atomic E-state index is 0.00145. The monoisotopic (exact) mass is 1280 g/mol. The Kier molecular flexibility index (Phi) is 49.3. The van der Waals surface area contributed by atoms with Crippen LogP contribution in [0, 0.1) is 5.41 Å². The zero-order chi connectivity index (χ0) is 67.1. The summed E-state index contributed by atoms with van der Waals surface area (Å²) in [4.78, 5) is 139. The Morgan fingerprint density at radius 2 is 0.444 bits per heavy atom. The van der Waals surface area contributed by atoms with Gasteiger partial charge >= 0.3 is 65.7 Å². The Bertz CT molecular complexity index is 2100. The molecule has 0 spiro atoms. The molecule has 0 bridgehead atoms. The molecular formula is C61H92N4O25. The lowest BCUT2D eigenvalue weighted by molar-refractivity contribution is -0.149. The van der Waals surface area contributed by atoms with Crippen molar-refractivity contribution in [3.63, 3.8) is 0 Å². The van der Waals surface area contributed by atoms with Crippen LogP contribution >= 0.6 is 0 Å². The highest BCUT2D eigenvalue weighted by Gasteiger charge is 2.30. The first-order valence-electron chi connectivity index (χ1n) is 29.1. The van der Waals surface area contributed by atoms with E-state index >= 15 is 0 Å². The number of carbonyl (C=O) groups excluding carboxylic acids is 11. The molecule has 506 valence electrons. The summed E-state index contributed by atoms with van der Waals surface area (Å²) >= 11 is 0. The first kappa shape index (κ1) is 82.1. The lowest BCUT2D eigenvalue weighted by Gasteiger charge is -2.32. The quantitative estimate of drug-likeness (QED) is 0.0360. The highest BCUT2D eigenvalue weighted by atomic mass is 16.6. The summed E-state index contributed by atoms with van der Waals surface area (Å²) in [6, 6.07) is 0. The van der Waals surface area contributed by atoms with E-state index in [0.29, 0.717) is 6.42 Å². The first-order valence-corrected chi connectivity index (χ1v) is 29.1. The standard InChI is InChI=1S/C61H92N4O25/c1-9-50(66)80-33-25-62(26-34-81-51(67)10-2)21-17-57(73)87-40-32-65(31-39-86-56(72)15-7)24-20-60(76)90-46-43-79-49-61(16-8,47-77-41-44-88-58(74)18-22-63(27-35-82-52(68)11-3)28-36-83-53(69)12-4)48-78-42-45-89-59(75)19-23-64(29-37-84-54(70)13-5)30-38-85-55(71)14-6/h9-15H,1-7,16-49H2,8H3. The zero-order valence-electron chi connectivity index (χ0n) is 52.0. The van der Waals surface area contributed by atoms with E-state index in [1.807, 2.05) is 6.92 Å². The molecule has 0 atom stereocenters. The van der Waals surface area contributed by atoms with Gasteiger partial charge in [0.2, 0.25) is 0 Å². The van der Waals surface area contributed by atoms with E-state index in [1.165, 1.54) is 0 Å². The van der Waals surface area contributed by atoms with Crippen LogP contribution in [-0.2, 0) is 119 Å². The zero-order valence-corrected chi connectivity index (χ0v) is 52.0. The van der Waals surface area contributed by atoms with Crippen LogP contribution in [0.1, 0.15) is 39.0 Å².